The van der Waals surface area contributed by atoms with E-state index < -0.39 is 0 Å². The van der Waals surface area contributed by atoms with E-state index in [2.05, 4.69) is 170 Å². The molecule has 0 fully saturated rings. The quantitative estimate of drug-likeness (QED) is 0.216. The summed E-state index contributed by atoms with van der Waals surface area (Å²) in [5, 5.41) is 5.18. The first-order valence-corrected chi connectivity index (χ1v) is 14.7. The van der Waals surface area contributed by atoms with Gasteiger partial charge in [-0.05, 0) is 97.4 Å². The Labute approximate surface area is 247 Å². The van der Waals surface area contributed by atoms with Crippen molar-refractivity contribution in [2.75, 3.05) is 4.90 Å². The van der Waals surface area contributed by atoms with Crippen molar-refractivity contribution >= 4 is 38.6 Å². The smallest absolute Gasteiger partial charge is 0.0465 e. The summed E-state index contributed by atoms with van der Waals surface area (Å²) in [4.78, 5) is 2.38. The molecule has 0 N–H and O–H groups in total. The molecule has 1 nitrogen and oxygen atoms in total. The van der Waals surface area contributed by atoms with Gasteiger partial charge in [0.05, 0.1) is 0 Å². The molecule has 0 bridgehead atoms. The molecule has 0 spiro atoms. The zero-order chi connectivity index (χ0) is 28.3. The van der Waals surface area contributed by atoms with Crippen molar-refractivity contribution in [3.05, 3.63) is 163 Å². The van der Waals surface area contributed by atoms with Crippen molar-refractivity contribution in [1.82, 2.24) is 0 Å². The number of fused-ring (bicyclic) bond motifs is 6. The van der Waals surface area contributed by atoms with Crippen LogP contribution in [-0.2, 0) is 5.41 Å². The summed E-state index contributed by atoms with van der Waals surface area (Å²) in [6, 6.07) is 55.3. The Balaban J connectivity index is 1.23. The van der Waals surface area contributed by atoms with Gasteiger partial charge in [-0.2, -0.15) is 0 Å². The van der Waals surface area contributed by atoms with Crippen LogP contribution in [0.2, 0.25) is 0 Å². The zero-order valence-corrected chi connectivity index (χ0v) is 23.9. The van der Waals surface area contributed by atoms with Crippen molar-refractivity contribution in [3.8, 4) is 22.3 Å². The molecular weight excluding hydrogens is 506 g/mol. The lowest BCUT2D eigenvalue weighted by molar-refractivity contribution is 0.666. The van der Waals surface area contributed by atoms with Crippen LogP contribution in [0.4, 0.5) is 17.1 Å². The first-order chi connectivity index (χ1) is 20.6. The van der Waals surface area contributed by atoms with Gasteiger partial charge >= 0.3 is 0 Å². The molecule has 0 heterocycles. The fourth-order valence-electron chi connectivity index (χ4n) is 6.92. The summed E-state index contributed by atoms with van der Waals surface area (Å²) in [6.07, 6.45) is 0. The molecule has 200 valence electrons. The van der Waals surface area contributed by atoms with Crippen LogP contribution in [0, 0.1) is 0 Å². The highest BCUT2D eigenvalue weighted by molar-refractivity contribution is 5.98. The molecule has 1 aliphatic carbocycles. The van der Waals surface area contributed by atoms with Crippen LogP contribution in [0.3, 0.4) is 0 Å². The number of hydrogen-bond donors (Lipinski definition) is 0. The number of anilines is 3. The van der Waals surface area contributed by atoms with Gasteiger partial charge in [0.2, 0.25) is 0 Å². The molecule has 7 aromatic carbocycles. The van der Waals surface area contributed by atoms with E-state index in [1.165, 1.54) is 60.6 Å². The van der Waals surface area contributed by atoms with Crippen LogP contribution >= 0.6 is 0 Å². The standard InChI is InChI=1S/C41H31N/c1-41(2)39-27-35(23-25-37(39)38-24-20-30-11-8-9-15-36(30)40(38)41)42(33-13-4-3-5-14-33)34-21-18-29(19-22-34)32-17-16-28-10-6-7-12-31(28)26-32/h3-27H,1-2H3. The van der Waals surface area contributed by atoms with E-state index >= 15 is 0 Å². The third kappa shape index (κ3) is 3.85. The highest BCUT2D eigenvalue weighted by Crippen LogP contribution is 2.52. The Morgan fingerprint density at radius 2 is 1.02 bits per heavy atom. The van der Waals surface area contributed by atoms with Crippen LogP contribution < -0.4 is 4.90 Å². The summed E-state index contributed by atoms with van der Waals surface area (Å²) in [6.45, 7) is 4.75. The molecule has 0 aliphatic heterocycles. The van der Waals surface area contributed by atoms with Gasteiger partial charge in [-0.25, -0.2) is 0 Å². The third-order valence-corrected chi connectivity index (χ3v) is 9.00. The minimum atomic E-state index is -0.107. The highest BCUT2D eigenvalue weighted by atomic mass is 15.1. The Hall–Kier alpha value is -5.14. The maximum absolute atomic E-state index is 2.41. The van der Waals surface area contributed by atoms with Gasteiger partial charge in [0.15, 0.2) is 0 Å². The van der Waals surface area contributed by atoms with Crippen LogP contribution in [0.15, 0.2) is 152 Å². The zero-order valence-electron chi connectivity index (χ0n) is 23.9. The SMILES string of the molecule is CC1(C)c2cc(N(c3ccccc3)c3ccc(-c4ccc5ccccc5c4)cc3)ccc2-c2ccc3ccccc3c21. The van der Waals surface area contributed by atoms with Crippen molar-refractivity contribution in [3.63, 3.8) is 0 Å². The Kier molecular flexibility index (Phi) is 5.55. The van der Waals surface area contributed by atoms with Crippen molar-refractivity contribution in [2.45, 2.75) is 19.3 Å². The van der Waals surface area contributed by atoms with E-state index in [9.17, 15) is 0 Å². The molecule has 0 radical (unpaired) electrons. The summed E-state index contributed by atoms with van der Waals surface area (Å²) in [5.74, 6) is 0. The van der Waals surface area contributed by atoms with E-state index in [0.717, 1.165) is 11.4 Å². The third-order valence-electron chi connectivity index (χ3n) is 9.00. The Morgan fingerprint density at radius 3 is 1.83 bits per heavy atom. The molecule has 8 rings (SSSR count). The Morgan fingerprint density at radius 1 is 0.429 bits per heavy atom. The molecule has 0 atom stereocenters. The molecule has 0 aromatic heterocycles. The van der Waals surface area contributed by atoms with Crippen molar-refractivity contribution in [1.29, 1.82) is 0 Å². The second kappa shape index (κ2) is 9.46. The highest BCUT2D eigenvalue weighted by Gasteiger charge is 2.37. The van der Waals surface area contributed by atoms with E-state index in [1.54, 1.807) is 0 Å². The fraction of sp³-hybridized carbons (Fsp3) is 0.0732. The number of rotatable bonds is 4. The van der Waals surface area contributed by atoms with E-state index in [1.807, 2.05) is 0 Å². The van der Waals surface area contributed by atoms with Crippen molar-refractivity contribution < 1.29 is 0 Å². The molecule has 42 heavy (non-hydrogen) atoms. The minimum absolute atomic E-state index is 0.107. The monoisotopic (exact) mass is 537 g/mol. The van der Waals surface area contributed by atoms with Gasteiger partial charge in [-0.3, -0.25) is 0 Å². The summed E-state index contributed by atoms with van der Waals surface area (Å²) in [7, 11) is 0. The van der Waals surface area contributed by atoms with Crippen LogP contribution in [0.5, 0.6) is 0 Å². The number of para-hydroxylation sites is 1. The minimum Gasteiger partial charge on any atom is -0.310 e. The van der Waals surface area contributed by atoms with E-state index in [-0.39, 0.29) is 5.41 Å². The topological polar surface area (TPSA) is 3.24 Å². The normalized spacial score (nSPS) is 13.2. The lowest BCUT2D eigenvalue weighted by Crippen LogP contribution is -2.17. The maximum atomic E-state index is 2.41. The largest absolute Gasteiger partial charge is 0.310 e. The fourth-order valence-corrected chi connectivity index (χ4v) is 6.92. The molecule has 0 saturated carbocycles. The lowest BCUT2D eigenvalue weighted by Gasteiger charge is -2.28. The molecule has 1 heteroatoms. The van der Waals surface area contributed by atoms with Gasteiger partial charge in [0, 0.05) is 22.5 Å². The summed E-state index contributed by atoms with van der Waals surface area (Å²) >= 11 is 0. The first-order valence-electron chi connectivity index (χ1n) is 14.7. The molecular formula is C41H31N. The van der Waals surface area contributed by atoms with Gasteiger partial charge in [-0.15, -0.1) is 0 Å². The van der Waals surface area contributed by atoms with Crippen molar-refractivity contribution in [2.24, 2.45) is 0 Å². The maximum Gasteiger partial charge on any atom is 0.0465 e. The van der Waals surface area contributed by atoms with E-state index in [4.69, 9.17) is 0 Å². The van der Waals surface area contributed by atoms with E-state index in [0.29, 0.717) is 0 Å². The molecule has 0 amide bonds. The predicted molar refractivity (Wildman–Crippen MR) is 179 cm³/mol. The first kappa shape index (κ1) is 24.6. The second-order valence-electron chi connectivity index (χ2n) is 11.8. The second-order valence-corrected chi connectivity index (χ2v) is 11.8. The van der Waals surface area contributed by atoms with Gasteiger partial charge in [0.1, 0.15) is 0 Å². The predicted octanol–water partition coefficient (Wildman–Crippen LogP) is 11.4. The lowest BCUT2D eigenvalue weighted by atomic mass is 9.80. The molecule has 0 saturated heterocycles. The Bertz CT molecular complexity index is 2100. The van der Waals surface area contributed by atoms with Crippen LogP contribution in [0.25, 0.3) is 43.8 Å². The van der Waals surface area contributed by atoms with Gasteiger partial charge in [-0.1, -0.05) is 123 Å². The average Bonchev–Trinajstić information content (AvgIpc) is 3.28. The number of nitrogens with zero attached hydrogens (tertiary/aromatic N) is 1. The molecule has 1 aliphatic rings. The molecule has 0 unspecified atom stereocenters. The van der Waals surface area contributed by atoms with Crippen LogP contribution in [0.1, 0.15) is 25.0 Å². The summed E-state index contributed by atoms with van der Waals surface area (Å²) < 4.78 is 0. The van der Waals surface area contributed by atoms with Gasteiger partial charge in [0.25, 0.3) is 0 Å². The average molecular weight is 538 g/mol. The molecule has 7 aromatic rings. The van der Waals surface area contributed by atoms with Gasteiger partial charge < -0.3 is 4.90 Å². The summed E-state index contributed by atoms with van der Waals surface area (Å²) in [5.41, 5.74) is 11.3. The number of benzene rings is 7. The number of hydrogen-bond acceptors (Lipinski definition) is 1. The van der Waals surface area contributed by atoms with Crippen LogP contribution in [-0.4, -0.2) is 0 Å².